The number of terminal acetylenes is 1. The van der Waals surface area contributed by atoms with E-state index in [2.05, 4.69) is 16.2 Å². The van der Waals surface area contributed by atoms with Crippen molar-refractivity contribution < 1.29 is 4.79 Å². The van der Waals surface area contributed by atoms with Crippen LogP contribution in [0.2, 0.25) is 0 Å². The molecule has 1 aromatic heterocycles. The highest BCUT2D eigenvalue weighted by atomic mass is 32.2. The topological polar surface area (TPSA) is 71.2 Å². The van der Waals surface area contributed by atoms with Gasteiger partial charge in [-0.15, -0.1) is 18.2 Å². The third-order valence-corrected chi connectivity index (χ3v) is 4.05. The number of thiazole rings is 1. The van der Waals surface area contributed by atoms with Crippen LogP contribution < -0.4 is 16.0 Å². The van der Waals surface area contributed by atoms with E-state index in [4.69, 9.17) is 12.2 Å². The Bertz CT molecular complexity index is 450. The number of rotatable bonds is 6. The van der Waals surface area contributed by atoms with Crippen LogP contribution in [0.25, 0.3) is 0 Å². The fourth-order valence-electron chi connectivity index (χ4n) is 1.12. The molecule has 1 aromatic rings. The van der Waals surface area contributed by atoms with Gasteiger partial charge in [-0.05, 0) is 0 Å². The number of aromatic nitrogens is 1. The third kappa shape index (κ3) is 4.13. The molecule has 1 amide bonds. The summed E-state index contributed by atoms with van der Waals surface area (Å²) in [6, 6.07) is 0. The van der Waals surface area contributed by atoms with Gasteiger partial charge in [-0.3, -0.25) is 4.79 Å². The second kappa shape index (κ2) is 7.13. The van der Waals surface area contributed by atoms with Crippen LogP contribution in [-0.2, 0) is 0 Å². The maximum atomic E-state index is 11.8. The van der Waals surface area contributed by atoms with Crippen molar-refractivity contribution in [1.29, 1.82) is 0 Å². The molecule has 0 saturated carbocycles. The number of nitrogens with two attached hydrogens (primary N) is 1. The Hall–Kier alpha value is -1.39. The minimum Gasteiger partial charge on any atom is -0.382 e. The predicted molar refractivity (Wildman–Crippen MR) is 79.3 cm³/mol. The molecule has 0 radical (unpaired) electrons. The van der Waals surface area contributed by atoms with E-state index in [1.165, 1.54) is 11.3 Å². The van der Waals surface area contributed by atoms with Gasteiger partial charge in [-0.1, -0.05) is 17.3 Å². The molecule has 5 nitrogen and oxygen atoms in total. The number of hydrogen-bond donors (Lipinski definition) is 2. The number of thioether (sulfide) groups is 1. The van der Waals surface area contributed by atoms with Gasteiger partial charge in [0.15, 0.2) is 5.13 Å². The van der Waals surface area contributed by atoms with Crippen LogP contribution in [0.4, 0.5) is 10.9 Å². The lowest BCUT2D eigenvalue weighted by Crippen LogP contribution is -2.25. The van der Waals surface area contributed by atoms with Crippen molar-refractivity contribution in [1.82, 2.24) is 10.3 Å². The second-order valence-electron chi connectivity index (χ2n) is 3.62. The highest BCUT2D eigenvalue weighted by Crippen LogP contribution is 2.26. The molecule has 0 atom stereocenters. The second-order valence-corrected chi connectivity index (χ2v) is 5.70. The molecular weight excluding hydrogens is 268 g/mol. The summed E-state index contributed by atoms with van der Waals surface area (Å²) < 4.78 is 0. The van der Waals surface area contributed by atoms with Gasteiger partial charge in [0.2, 0.25) is 0 Å². The van der Waals surface area contributed by atoms with Crippen molar-refractivity contribution in [3.8, 4) is 12.3 Å². The van der Waals surface area contributed by atoms with E-state index in [0.717, 1.165) is 10.9 Å². The van der Waals surface area contributed by atoms with Crippen LogP contribution in [-0.4, -0.2) is 43.0 Å². The number of carbonyl (C=O) groups is 1. The molecule has 1 rings (SSSR count). The van der Waals surface area contributed by atoms with E-state index in [0.29, 0.717) is 17.2 Å². The first-order chi connectivity index (χ1) is 8.56. The largest absolute Gasteiger partial charge is 0.382 e. The van der Waals surface area contributed by atoms with Crippen LogP contribution in [0.5, 0.6) is 0 Å². The highest BCUT2D eigenvalue weighted by Gasteiger charge is 2.16. The maximum Gasteiger partial charge on any atom is 0.265 e. The lowest BCUT2D eigenvalue weighted by Gasteiger charge is -2.05. The summed E-state index contributed by atoms with van der Waals surface area (Å²) in [7, 11) is 3.72. The first-order valence-electron chi connectivity index (χ1n) is 5.29. The van der Waals surface area contributed by atoms with Gasteiger partial charge in [-0.2, -0.15) is 0 Å². The number of amides is 1. The van der Waals surface area contributed by atoms with Crippen molar-refractivity contribution in [3.05, 3.63) is 4.88 Å². The van der Waals surface area contributed by atoms with Crippen molar-refractivity contribution in [3.63, 3.8) is 0 Å². The van der Waals surface area contributed by atoms with Crippen LogP contribution in [0, 0.1) is 12.3 Å². The number of nitrogens with one attached hydrogen (secondary N) is 1. The third-order valence-electron chi connectivity index (χ3n) is 1.95. The zero-order chi connectivity index (χ0) is 13.5. The summed E-state index contributed by atoms with van der Waals surface area (Å²) >= 11 is 2.88. The zero-order valence-electron chi connectivity index (χ0n) is 10.4. The lowest BCUT2D eigenvalue weighted by molar-refractivity contribution is 0.0961. The zero-order valence-corrected chi connectivity index (χ0v) is 12.0. The molecule has 1 heterocycles. The van der Waals surface area contributed by atoms with Crippen LogP contribution in [0.3, 0.4) is 0 Å². The molecule has 0 aliphatic carbocycles. The molecule has 3 N–H and O–H groups in total. The molecular formula is C11H16N4OS2. The summed E-state index contributed by atoms with van der Waals surface area (Å²) in [4.78, 5) is 18.2. The molecule has 0 saturated heterocycles. The molecule has 0 aliphatic heterocycles. The molecule has 0 aliphatic rings. The molecule has 0 bridgehead atoms. The molecule has 18 heavy (non-hydrogen) atoms. The molecule has 0 aromatic carbocycles. The molecule has 7 heteroatoms. The molecule has 0 fully saturated rings. The summed E-state index contributed by atoms with van der Waals surface area (Å²) in [6.45, 7) is 0.569. The minimum atomic E-state index is -0.181. The Labute approximate surface area is 115 Å². The van der Waals surface area contributed by atoms with Gasteiger partial charge in [0.25, 0.3) is 5.91 Å². The average Bonchev–Trinajstić information content (AvgIpc) is 2.71. The van der Waals surface area contributed by atoms with Gasteiger partial charge in [-0.25, -0.2) is 4.98 Å². The summed E-state index contributed by atoms with van der Waals surface area (Å²) in [5.74, 6) is 4.07. The van der Waals surface area contributed by atoms with E-state index in [9.17, 15) is 4.79 Å². The van der Waals surface area contributed by atoms with Crippen LogP contribution >= 0.6 is 23.1 Å². The van der Waals surface area contributed by atoms with Crippen molar-refractivity contribution in [2.45, 2.75) is 0 Å². The highest BCUT2D eigenvalue weighted by molar-refractivity contribution is 7.99. The average molecular weight is 284 g/mol. The Morgan fingerprint density at radius 1 is 1.67 bits per heavy atom. The van der Waals surface area contributed by atoms with Gasteiger partial charge in [0.1, 0.15) is 10.7 Å². The summed E-state index contributed by atoms with van der Waals surface area (Å²) in [5.41, 5.74) is 5.71. The van der Waals surface area contributed by atoms with Crippen LogP contribution in [0.1, 0.15) is 9.67 Å². The van der Waals surface area contributed by atoms with Crippen molar-refractivity contribution in [2.75, 3.05) is 42.8 Å². The van der Waals surface area contributed by atoms with E-state index in [1.54, 1.807) is 11.8 Å². The van der Waals surface area contributed by atoms with Gasteiger partial charge < -0.3 is 16.0 Å². The first kappa shape index (κ1) is 14.7. The van der Waals surface area contributed by atoms with Gasteiger partial charge in [0, 0.05) is 26.4 Å². The standard InChI is InChI=1S/C11H16N4OS2/c1-4-6-17-7-5-13-10(16)8-9(12)14-11(18-8)15(2)3/h1H,5-7,12H2,2-3H3,(H,13,16). The molecule has 0 unspecified atom stereocenters. The smallest absolute Gasteiger partial charge is 0.265 e. The van der Waals surface area contributed by atoms with E-state index < -0.39 is 0 Å². The quantitative estimate of drug-likeness (QED) is 0.599. The van der Waals surface area contributed by atoms with E-state index in [-0.39, 0.29) is 11.7 Å². The number of hydrogen-bond acceptors (Lipinski definition) is 6. The SMILES string of the molecule is C#CCSCCNC(=O)c1sc(N(C)C)nc1N. The predicted octanol–water partition coefficient (Wildman–Crippen LogP) is 0.888. The fourth-order valence-corrected chi connectivity index (χ4v) is 2.46. The van der Waals surface area contributed by atoms with E-state index in [1.807, 2.05) is 19.0 Å². The number of carbonyl (C=O) groups excluding carboxylic acids is 1. The Kier molecular flexibility index (Phi) is 5.82. The normalized spacial score (nSPS) is 9.83. The van der Waals surface area contributed by atoms with Gasteiger partial charge in [0.05, 0.1) is 5.75 Å². The summed E-state index contributed by atoms with van der Waals surface area (Å²) in [5, 5.41) is 3.52. The van der Waals surface area contributed by atoms with Crippen molar-refractivity contribution in [2.24, 2.45) is 0 Å². The maximum absolute atomic E-state index is 11.8. The lowest BCUT2D eigenvalue weighted by atomic mass is 10.4. The number of nitrogens with zero attached hydrogens (tertiary/aromatic N) is 2. The minimum absolute atomic E-state index is 0.181. The Morgan fingerprint density at radius 3 is 2.94 bits per heavy atom. The van der Waals surface area contributed by atoms with Crippen molar-refractivity contribution >= 4 is 40.0 Å². The molecule has 0 spiro atoms. The van der Waals surface area contributed by atoms with E-state index >= 15 is 0 Å². The number of anilines is 2. The fraction of sp³-hybridized carbons (Fsp3) is 0.455. The Morgan fingerprint density at radius 2 is 2.39 bits per heavy atom. The Balaban J connectivity index is 2.49. The van der Waals surface area contributed by atoms with Gasteiger partial charge >= 0.3 is 0 Å². The van der Waals surface area contributed by atoms with Crippen LogP contribution in [0.15, 0.2) is 0 Å². The monoisotopic (exact) mass is 284 g/mol. The number of nitrogen functional groups attached to an aromatic ring is 1. The first-order valence-corrected chi connectivity index (χ1v) is 7.26. The summed E-state index contributed by atoms with van der Waals surface area (Å²) in [6.07, 6.45) is 5.13. The molecule has 98 valence electrons.